The number of ether oxygens (including phenoxy) is 1. The first kappa shape index (κ1) is 24.6. The van der Waals surface area contributed by atoms with Gasteiger partial charge in [-0.05, 0) is 82.3 Å². The highest BCUT2D eigenvalue weighted by molar-refractivity contribution is 6.08. The number of rotatable bonds is 11. The second-order valence-electron chi connectivity index (χ2n) is 9.85. The number of aryl methyl sites for hydroxylation is 3. The fourth-order valence-electron chi connectivity index (χ4n) is 4.59. The van der Waals surface area contributed by atoms with E-state index in [0.29, 0.717) is 17.9 Å². The van der Waals surface area contributed by atoms with Crippen LogP contribution < -0.4 is 4.74 Å². The van der Waals surface area contributed by atoms with Gasteiger partial charge in [0.2, 0.25) is 5.78 Å². The third-order valence-corrected chi connectivity index (χ3v) is 6.23. The Morgan fingerprint density at radius 2 is 1.86 bits per heavy atom. The first-order valence-electron chi connectivity index (χ1n) is 12.6. The summed E-state index contributed by atoms with van der Waals surface area (Å²) in [6, 6.07) is 19.8. The Bertz CT molecular complexity index is 1310. The molecule has 0 atom stereocenters. The molecule has 0 aliphatic rings. The number of ketones is 1. The summed E-state index contributed by atoms with van der Waals surface area (Å²) in [6.45, 7) is 9.15. The molecule has 182 valence electrons. The molecule has 0 radical (unpaired) electrons. The van der Waals surface area contributed by atoms with Gasteiger partial charge in [-0.1, -0.05) is 49.2 Å². The van der Waals surface area contributed by atoms with E-state index in [1.165, 1.54) is 5.56 Å². The Labute approximate surface area is 208 Å². The Kier molecular flexibility index (Phi) is 7.64. The molecule has 2 heterocycles. The van der Waals surface area contributed by atoms with E-state index in [2.05, 4.69) is 48.9 Å². The summed E-state index contributed by atoms with van der Waals surface area (Å²) in [7, 11) is 0. The summed E-state index contributed by atoms with van der Waals surface area (Å²) in [5.41, 5.74) is 4.33. The number of carbonyl (C=O) groups excluding carboxylic acids is 1. The average Bonchev–Trinajstić information content (AvgIpc) is 3.20. The van der Waals surface area contributed by atoms with Gasteiger partial charge in [0.1, 0.15) is 16.9 Å². The van der Waals surface area contributed by atoms with E-state index in [0.717, 1.165) is 54.6 Å². The predicted octanol–water partition coefficient (Wildman–Crippen LogP) is 6.95. The van der Waals surface area contributed by atoms with Gasteiger partial charge in [0.25, 0.3) is 0 Å². The van der Waals surface area contributed by atoms with Crippen LogP contribution in [-0.4, -0.2) is 25.9 Å². The van der Waals surface area contributed by atoms with Crippen LogP contribution in [-0.2, 0) is 13.0 Å². The van der Waals surface area contributed by atoms with Gasteiger partial charge in [0.15, 0.2) is 11.5 Å². The molecular weight excluding hydrogens is 434 g/mol. The summed E-state index contributed by atoms with van der Waals surface area (Å²) >= 11 is 0. The smallest absolute Gasteiger partial charge is 0.228 e. The lowest BCUT2D eigenvalue weighted by Crippen LogP contribution is -2.27. The number of unbranched alkanes of at least 4 members (excludes halogenated alkanes) is 1. The van der Waals surface area contributed by atoms with Crippen molar-refractivity contribution < 1.29 is 9.53 Å². The van der Waals surface area contributed by atoms with Crippen molar-refractivity contribution in [3.8, 4) is 5.75 Å². The van der Waals surface area contributed by atoms with Crippen LogP contribution in [0.25, 0.3) is 11.2 Å². The highest BCUT2D eigenvalue weighted by Gasteiger charge is 2.20. The summed E-state index contributed by atoms with van der Waals surface area (Å²) in [5, 5.41) is 0. The largest absolute Gasteiger partial charge is 0.488 e. The van der Waals surface area contributed by atoms with Crippen molar-refractivity contribution in [3.05, 3.63) is 89.4 Å². The van der Waals surface area contributed by atoms with Gasteiger partial charge < -0.3 is 9.30 Å². The molecule has 0 fully saturated rings. The van der Waals surface area contributed by atoms with Gasteiger partial charge in [-0.25, -0.2) is 9.97 Å². The maximum Gasteiger partial charge on any atom is 0.228 e. The minimum Gasteiger partial charge on any atom is -0.488 e. The number of benzene rings is 2. The molecule has 2 aromatic heterocycles. The van der Waals surface area contributed by atoms with E-state index in [9.17, 15) is 4.79 Å². The van der Waals surface area contributed by atoms with Crippen LogP contribution in [0.3, 0.4) is 0 Å². The molecule has 0 spiro atoms. The van der Waals surface area contributed by atoms with Crippen molar-refractivity contribution in [3.63, 3.8) is 0 Å². The third kappa shape index (κ3) is 6.16. The number of aromatic nitrogens is 3. The fraction of sp³-hybridized carbons (Fsp3) is 0.367. The molecule has 0 amide bonds. The van der Waals surface area contributed by atoms with E-state index in [1.807, 2.05) is 54.0 Å². The lowest BCUT2D eigenvalue weighted by Gasteiger charge is -2.26. The van der Waals surface area contributed by atoms with Gasteiger partial charge in [-0.3, -0.25) is 4.79 Å². The average molecular weight is 470 g/mol. The number of nitrogens with zero attached hydrogens (tertiary/aromatic N) is 3. The summed E-state index contributed by atoms with van der Waals surface area (Å²) < 4.78 is 8.21. The monoisotopic (exact) mass is 469 g/mol. The van der Waals surface area contributed by atoms with Gasteiger partial charge in [0.05, 0.1) is 0 Å². The van der Waals surface area contributed by atoms with Crippen LogP contribution in [0.15, 0.2) is 66.9 Å². The molecule has 0 N–H and O–H groups in total. The lowest BCUT2D eigenvalue weighted by molar-refractivity contribution is 0.0984. The van der Waals surface area contributed by atoms with Crippen molar-refractivity contribution in [2.24, 2.45) is 0 Å². The Morgan fingerprint density at radius 1 is 1.03 bits per heavy atom. The normalized spacial score (nSPS) is 11.7. The Balaban J connectivity index is 1.45. The second-order valence-corrected chi connectivity index (χ2v) is 9.85. The van der Waals surface area contributed by atoms with Crippen LogP contribution in [0.4, 0.5) is 0 Å². The molecule has 0 aliphatic heterocycles. The van der Waals surface area contributed by atoms with Crippen molar-refractivity contribution in [2.45, 2.75) is 71.9 Å². The molecule has 0 unspecified atom stereocenters. The number of imidazole rings is 1. The lowest BCUT2D eigenvalue weighted by atomic mass is 10.0. The van der Waals surface area contributed by atoms with E-state index >= 15 is 0 Å². The van der Waals surface area contributed by atoms with Crippen LogP contribution in [0.1, 0.15) is 73.8 Å². The van der Waals surface area contributed by atoms with Gasteiger partial charge >= 0.3 is 0 Å². The van der Waals surface area contributed by atoms with Crippen LogP contribution in [0, 0.1) is 6.92 Å². The number of hydrogen-bond acceptors (Lipinski definition) is 4. The van der Waals surface area contributed by atoms with E-state index in [4.69, 9.17) is 4.74 Å². The predicted molar refractivity (Wildman–Crippen MR) is 141 cm³/mol. The summed E-state index contributed by atoms with van der Waals surface area (Å²) in [4.78, 5) is 22.5. The summed E-state index contributed by atoms with van der Waals surface area (Å²) in [5.74, 6) is 1.32. The fourth-order valence-corrected chi connectivity index (χ4v) is 4.59. The van der Waals surface area contributed by atoms with Gasteiger partial charge in [0, 0.05) is 18.3 Å². The maximum atomic E-state index is 13.3. The van der Waals surface area contributed by atoms with E-state index < -0.39 is 0 Å². The molecule has 0 aliphatic carbocycles. The minimum absolute atomic E-state index is 0.0637. The number of carbonyl (C=O) groups is 1. The van der Waals surface area contributed by atoms with E-state index in [1.54, 1.807) is 6.20 Å². The SMILES string of the molecule is CCCC(C)(C)Oc1cccc(CCCCn2c(C(=O)c3cccc(C)c3)nc3cccnc32)c1. The topological polar surface area (TPSA) is 57.0 Å². The van der Waals surface area contributed by atoms with Crippen molar-refractivity contribution in [1.29, 1.82) is 0 Å². The number of hydrogen-bond donors (Lipinski definition) is 0. The highest BCUT2D eigenvalue weighted by atomic mass is 16.5. The second kappa shape index (κ2) is 10.9. The molecule has 0 saturated heterocycles. The minimum atomic E-state index is -0.164. The molecule has 5 nitrogen and oxygen atoms in total. The van der Waals surface area contributed by atoms with Crippen LogP contribution in [0.2, 0.25) is 0 Å². The zero-order valence-electron chi connectivity index (χ0n) is 21.3. The molecule has 35 heavy (non-hydrogen) atoms. The van der Waals surface area contributed by atoms with Crippen molar-refractivity contribution in [1.82, 2.24) is 14.5 Å². The van der Waals surface area contributed by atoms with Crippen LogP contribution >= 0.6 is 0 Å². The molecular formula is C30H35N3O2. The number of fused-ring (bicyclic) bond motifs is 1. The zero-order valence-corrected chi connectivity index (χ0v) is 21.3. The maximum absolute atomic E-state index is 13.3. The first-order valence-corrected chi connectivity index (χ1v) is 12.6. The molecule has 0 saturated carbocycles. The first-order chi connectivity index (χ1) is 16.9. The summed E-state index contributed by atoms with van der Waals surface area (Å²) in [6.07, 6.45) is 6.74. The van der Waals surface area contributed by atoms with Gasteiger partial charge in [-0.2, -0.15) is 0 Å². The standard InChI is InChI=1S/C30H35N3O2/c1-5-17-30(3,4)35-25-15-9-13-23(21-25)12-6-7-19-33-28-26(16-10-18-31-28)32-29(33)27(34)24-14-8-11-22(2)20-24/h8-11,13-16,18,20-21H,5-7,12,17,19H2,1-4H3. The third-order valence-electron chi connectivity index (χ3n) is 6.23. The van der Waals surface area contributed by atoms with Crippen molar-refractivity contribution in [2.75, 3.05) is 0 Å². The Hall–Kier alpha value is -3.47. The molecule has 5 heteroatoms. The highest BCUT2D eigenvalue weighted by Crippen LogP contribution is 2.24. The number of pyridine rings is 1. The van der Waals surface area contributed by atoms with Gasteiger partial charge in [-0.15, -0.1) is 0 Å². The Morgan fingerprint density at radius 3 is 2.66 bits per heavy atom. The molecule has 4 aromatic rings. The molecule has 0 bridgehead atoms. The van der Waals surface area contributed by atoms with Crippen molar-refractivity contribution >= 4 is 16.9 Å². The molecule has 4 rings (SSSR count). The molecule has 2 aromatic carbocycles. The van der Waals surface area contributed by atoms with E-state index in [-0.39, 0.29) is 11.4 Å². The zero-order chi connectivity index (χ0) is 24.8. The quantitative estimate of drug-likeness (QED) is 0.176. The van der Waals surface area contributed by atoms with Crippen LogP contribution in [0.5, 0.6) is 5.75 Å².